The molecule has 0 aliphatic rings. The molecule has 40 heavy (non-hydrogen) atoms. The summed E-state index contributed by atoms with van der Waals surface area (Å²) in [5.41, 5.74) is 1.99. The Kier molecular flexibility index (Phi) is 13.7. The molecule has 1 heterocycles. The summed E-state index contributed by atoms with van der Waals surface area (Å²) in [6, 6.07) is 8.13. The lowest BCUT2D eigenvalue weighted by molar-refractivity contribution is -0.137. The van der Waals surface area contributed by atoms with E-state index in [0.717, 1.165) is 18.7 Å². The van der Waals surface area contributed by atoms with Gasteiger partial charge in [0.2, 0.25) is 17.8 Å². The summed E-state index contributed by atoms with van der Waals surface area (Å²) in [7, 11) is 5.26. The van der Waals surface area contributed by atoms with E-state index in [1.165, 1.54) is 18.0 Å². The van der Waals surface area contributed by atoms with Crippen molar-refractivity contribution in [1.29, 1.82) is 5.26 Å². The van der Waals surface area contributed by atoms with Crippen LogP contribution in [0.1, 0.15) is 37.3 Å². The number of aliphatic hydroxyl groups excluding tert-OH is 1. The highest BCUT2D eigenvalue weighted by atomic mass is 16.3. The Labute approximate surface area is 236 Å². The minimum absolute atomic E-state index is 0.352. The van der Waals surface area contributed by atoms with E-state index in [-0.39, 0.29) is 5.91 Å². The fourth-order valence-electron chi connectivity index (χ4n) is 3.35. The standard InChI is InChI=1S/C29H38N8O3/c1-5-16-31-27-23(20-33-29(35-27)34-24-14-12-22(19-30)13-15-24)10-7-6-8-17-32-28(40)25(21-38)37(4)26(39)11-9-18-36(2)3/h9,11-15,20,25,38H,5-6,8,16-18,21H2,1-4H3,(H,32,40)(H2,31,33,34,35)/b11-9+/t25-/m0/s1. The van der Waals surface area contributed by atoms with Crippen LogP contribution in [0.3, 0.4) is 0 Å². The lowest BCUT2D eigenvalue weighted by atomic mass is 10.2. The number of rotatable bonds is 14. The summed E-state index contributed by atoms with van der Waals surface area (Å²) in [6.07, 6.45) is 6.78. The molecule has 1 aromatic heterocycles. The monoisotopic (exact) mass is 546 g/mol. The zero-order valence-corrected chi connectivity index (χ0v) is 23.6. The predicted molar refractivity (Wildman–Crippen MR) is 156 cm³/mol. The van der Waals surface area contributed by atoms with Crippen LogP contribution >= 0.6 is 0 Å². The van der Waals surface area contributed by atoms with Gasteiger partial charge in [0.05, 0.1) is 30.0 Å². The number of nitrogens with zero attached hydrogens (tertiary/aromatic N) is 5. The number of unbranched alkanes of at least 4 members (excludes halogenated alkanes) is 1. The number of benzene rings is 1. The van der Waals surface area contributed by atoms with Crippen molar-refractivity contribution in [3.63, 3.8) is 0 Å². The van der Waals surface area contributed by atoms with Gasteiger partial charge in [0.1, 0.15) is 11.9 Å². The van der Waals surface area contributed by atoms with Crippen LogP contribution in [0.2, 0.25) is 0 Å². The number of nitrogens with one attached hydrogen (secondary N) is 3. The molecule has 4 N–H and O–H groups in total. The average molecular weight is 547 g/mol. The Balaban J connectivity index is 1.91. The van der Waals surface area contributed by atoms with E-state index < -0.39 is 18.6 Å². The molecule has 0 aliphatic heterocycles. The number of hydrogen-bond acceptors (Lipinski definition) is 9. The van der Waals surface area contributed by atoms with Crippen LogP contribution in [-0.4, -0.2) is 90.1 Å². The van der Waals surface area contributed by atoms with Crippen LogP contribution in [0.25, 0.3) is 0 Å². The fraction of sp³-hybridized carbons (Fsp3) is 0.414. The van der Waals surface area contributed by atoms with Gasteiger partial charge >= 0.3 is 0 Å². The van der Waals surface area contributed by atoms with Crippen molar-refractivity contribution >= 4 is 29.3 Å². The highest BCUT2D eigenvalue weighted by molar-refractivity contribution is 5.92. The molecule has 2 aromatic rings. The lowest BCUT2D eigenvalue weighted by Gasteiger charge is -2.24. The topological polar surface area (TPSA) is 147 Å². The fourth-order valence-corrected chi connectivity index (χ4v) is 3.35. The molecule has 0 unspecified atom stereocenters. The van der Waals surface area contributed by atoms with Gasteiger partial charge in [-0.1, -0.05) is 24.8 Å². The predicted octanol–water partition coefficient (Wildman–Crippen LogP) is 2.10. The lowest BCUT2D eigenvalue weighted by Crippen LogP contribution is -2.49. The SMILES string of the molecule is CCCNc1nc(Nc2ccc(C#N)cc2)ncc1C#CCCCNC(=O)[C@H](CO)N(C)C(=O)/C=C/CN(C)C. The van der Waals surface area contributed by atoms with Crippen LogP contribution < -0.4 is 16.0 Å². The van der Waals surface area contributed by atoms with E-state index >= 15 is 0 Å². The van der Waals surface area contributed by atoms with Gasteiger partial charge in [-0.25, -0.2) is 4.98 Å². The molecule has 1 aromatic carbocycles. The first-order chi connectivity index (χ1) is 19.3. The minimum atomic E-state index is -0.969. The molecule has 0 fully saturated rings. The van der Waals surface area contributed by atoms with Crippen LogP contribution in [0.4, 0.5) is 17.5 Å². The third-order valence-electron chi connectivity index (χ3n) is 5.62. The molecule has 0 saturated heterocycles. The highest BCUT2D eigenvalue weighted by Crippen LogP contribution is 2.18. The van der Waals surface area contributed by atoms with E-state index in [0.29, 0.717) is 48.8 Å². The third-order valence-corrected chi connectivity index (χ3v) is 5.62. The number of aromatic nitrogens is 2. The first-order valence-corrected chi connectivity index (χ1v) is 13.1. The second-order valence-corrected chi connectivity index (χ2v) is 9.21. The van der Waals surface area contributed by atoms with Crippen molar-refractivity contribution < 1.29 is 14.7 Å². The van der Waals surface area contributed by atoms with Gasteiger partial charge in [-0.3, -0.25) is 9.59 Å². The van der Waals surface area contributed by atoms with Crippen molar-refractivity contribution in [1.82, 2.24) is 25.1 Å². The Morgan fingerprint density at radius 2 is 1.93 bits per heavy atom. The number of nitriles is 1. The summed E-state index contributed by atoms with van der Waals surface area (Å²) in [5.74, 6) is 6.44. The summed E-state index contributed by atoms with van der Waals surface area (Å²) in [6.45, 7) is 3.26. The molecule has 11 heteroatoms. The maximum Gasteiger partial charge on any atom is 0.246 e. The summed E-state index contributed by atoms with van der Waals surface area (Å²) >= 11 is 0. The van der Waals surface area contributed by atoms with Crippen molar-refractivity contribution in [3.8, 4) is 17.9 Å². The van der Waals surface area contributed by atoms with Crippen LogP contribution in [0, 0.1) is 23.2 Å². The molecule has 1 atom stereocenters. The Bertz CT molecular complexity index is 1240. The minimum Gasteiger partial charge on any atom is -0.394 e. The normalized spacial score (nSPS) is 11.3. The highest BCUT2D eigenvalue weighted by Gasteiger charge is 2.24. The summed E-state index contributed by atoms with van der Waals surface area (Å²) < 4.78 is 0. The van der Waals surface area contributed by atoms with E-state index in [1.54, 1.807) is 36.5 Å². The zero-order valence-electron chi connectivity index (χ0n) is 23.6. The number of amides is 2. The second-order valence-electron chi connectivity index (χ2n) is 9.21. The molecule has 0 bridgehead atoms. The maximum atomic E-state index is 12.5. The van der Waals surface area contributed by atoms with Gasteiger partial charge < -0.3 is 30.9 Å². The Hall–Kier alpha value is -4.45. The van der Waals surface area contributed by atoms with Crippen LogP contribution in [0.5, 0.6) is 0 Å². The summed E-state index contributed by atoms with van der Waals surface area (Å²) in [4.78, 5) is 36.9. The quantitative estimate of drug-likeness (QED) is 0.159. The number of hydrogen-bond donors (Lipinski definition) is 4. The number of carbonyl (C=O) groups excluding carboxylic acids is 2. The summed E-state index contributed by atoms with van der Waals surface area (Å²) in [5, 5.41) is 27.8. The van der Waals surface area contributed by atoms with Crippen LogP contribution in [0.15, 0.2) is 42.6 Å². The van der Waals surface area contributed by atoms with Gasteiger partial charge in [0.15, 0.2) is 0 Å². The molecule has 2 amide bonds. The molecular formula is C29H38N8O3. The first-order valence-electron chi connectivity index (χ1n) is 13.1. The first kappa shape index (κ1) is 31.8. The smallest absolute Gasteiger partial charge is 0.246 e. The molecule has 11 nitrogen and oxygen atoms in total. The average Bonchev–Trinajstić information content (AvgIpc) is 2.94. The molecule has 0 saturated carbocycles. The second kappa shape index (κ2) is 17.2. The number of aliphatic hydroxyl groups is 1. The van der Waals surface area contributed by atoms with E-state index in [9.17, 15) is 14.7 Å². The maximum absolute atomic E-state index is 12.5. The van der Waals surface area contributed by atoms with Crippen LogP contribution in [-0.2, 0) is 9.59 Å². The molecule has 2 rings (SSSR count). The molecular weight excluding hydrogens is 508 g/mol. The van der Waals surface area contributed by atoms with E-state index in [4.69, 9.17) is 5.26 Å². The number of carbonyl (C=O) groups is 2. The van der Waals surface area contributed by atoms with Gasteiger partial charge in [-0.2, -0.15) is 10.2 Å². The Morgan fingerprint density at radius 3 is 2.58 bits per heavy atom. The molecule has 0 aliphatic carbocycles. The third kappa shape index (κ3) is 10.7. The van der Waals surface area contributed by atoms with Crippen molar-refractivity contribution in [2.24, 2.45) is 0 Å². The molecule has 212 valence electrons. The molecule has 0 spiro atoms. The van der Waals surface area contributed by atoms with Crippen molar-refractivity contribution in [3.05, 3.63) is 53.7 Å². The number of likely N-dealkylation sites (N-methyl/N-ethyl adjacent to an activating group) is 2. The largest absolute Gasteiger partial charge is 0.394 e. The molecule has 0 radical (unpaired) electrons. The number of anilines is 3. The van der Waals surface area contributed by atoms with Crippen molar-refractivity contribution in [2.75, 3.05) is 58.0 Å². The van der Waals surface area contributed by atoms with E-state index in [1.807, 2.05) is 19.0 Å². The van der Waals surface area contributed by atoms with Gasteiger partial charge in [0.25, 0.3) is 0 Å². The Morgan fingerprint density at radius 1 is 1.18 bits per heavy atom. The van der Waals surface area contributed by atoms with E-state index in [2.05, 4.69) is 50.8 Å². The van der Waals surface area contributed by atoms with Crippen molar-refractivity contribution in [2.45, 2.75) is 32.2 Å². The zero-order chi connectivity index (χ0) is 29.3. The van der Waals surface area contributed by atoms with Gasteiger partial charge in [0, 0.05) is 44.9 Å². The van der Waals surface area contributed by atoms with Gasteiger partial charge in [-0.15, -0.1) is 0 Å². The van der Waals surface area contributed by atoms with Gasteiger partial charge in [-0.05, 0) is 51.2 Å².